The minimum Gasteiger partial charge on any atom is -0.492 e. The zero-order chi connectivity index (χ0) is 21.0. The Hall–Kier alpha value is -3.17. The Balaban J connectivity index is 1.44. The normalized spacial score (nSPS) is 11.6. The van der Waals surface area contributed by atoms with Crippen LogP contribution >= 0.6 is 0 Å². The van der Waals surface area contributed by atoms with Crippen molar-refractivity contribution in [2.24, 2.45) is 0 Å². The third-order valence-corrected chi connectivity index (χ3v) is 4.47. The summed E-state index contributed by atoms with van der Waals surface area (Å²) in [6.45, 7) is 4.17. The zero-order valence-corrected chi connectivity index (χ0v) is 16.0. The first-order chi connectivity index (χ1) is 13.8. The second-order valence-electron chi connectivity index (χ2n) is 6.45. The van der Waals surface area contributed by atoms with Gasteiger partial charge in [0.2, 0.25) is 5.91 Å². The summed E-state index contributed by atoms with van der Waals surface area (Å²) < 4.78 is 44.6. The number of alkyl halides is 3. The van der Waals surface area contributed by atoms with Crippen LogP contribution in [0.5, 0.6) is 5.75 Å². The predicted octanol–water partition coefficient (Wildman–Crippen LogP) is 2.89. The summed E-state index contributed by atoms with van der Waals surface area (Å²) >= 11 is 0. The highest BCUT2D eigenvalue weighted by Gasteiger charge is 2.30. The first-order valence-electron chi connectivity index (χ1n) is 8.98. The van der Waals surface area contributed by atoms with E-state index in [1.54, 1.807) is 4.52 Å². The molecule has 7 nitrogen and oxygen atoms in total. The van der Waals surface area contributed by atoms with Crippen molar-refractivity contribution in [3.8, 4) is 5.75 Å². The first-order valence-corrected chi connectivity index (χ1v) is 8.98. The second kappa shape index (κ2) is 8.46. The number of nitrogens with zero attached hydrogens (tertiary/aromatic N) is 4. The van der Waals surface area contributed by atoms with Crippen molar-refractivity contribution in [2.75, 3.05) is 13.2 Å². The topological polar surface area (TPSA) is 81.4 Å². The van der Waals surface area contributed by atoms with Gasteiger partial charge < -0.3 is 10.1 Å². The van der Waals surface area contributed by atoms with Crippen molar-refractivity contribution in [3.05, 3.63) is 53.1 Å². The number of fused-ring (bicyclic) bond motifs is 1. The summed E-state index contributed by atoms with van der Waals surface area (Å²) in [4.78, 5) is 20.5. The van der Waals surface area contributed by atoms with Crippen LogP contribution in [-0.2, 0) is 17.4 Å². The summed E-state index contributed by atoms with van der Waals surface area (Å²) in [6, 6.07) is 4.42. The summed E-state index contributed by atoms with van der Waals surface area (Å²) in [5.41, 5.74) is 1.91. The molecule has 1 aromatic carbocycles. The molecule has 0 aliphatic rings. The van der Waals surface area contributed by atoms with Gasteiger partial charge in [-0.15, -0.1) is 0 Å². The minimum atomic E-state index is -4.38. The van der Waals surface area contributed by atoms with Crippen LogP contribution in [0.2, 0.25) is 0 Å². The zero-order valence-electron chi connectivity index (χ0n) is 16.0. The predicted molar refractivity (Wildman–Crippen MR) is 98.5 cm³/mol. The summed E-state index contributed by atoms with van der Waals surface area (Å²) in [7, 11) is 0. The highest BCUT2D eigenvalue weighted by molar-refractivity contribution is 5.76. The average molecular weight is 407 g/mol. The van der Waals surface area contributed by atoms with E-state index >= 15 is 0 Å². The molecular formula is C19H20F3N5O2. The number of carbonyl (C=O) groups is 1. The molecule has 0 spiro atoms. The van der Waals surface area contributed by atoms with Crippen molar-refractivity contribution < 1.29 is 22.7 Å². The molecule has 0 saturated carbocycles. The van der Waals surface area contributed by atoms with Crippen LogP contribution in [0.3, 0.4) is 0 Å². The number of aryl methyl sites for hydroxylation is 2. The highest BCUT2D eigenvalue weighted by atomic mass is 19.4. The number of halogens is 3. The average Bonchev–Trinajstić information content (AvgIpc) is 3.13. The SMILES string of the molecule is Cc1nc2ncnn2c(C)c1CCC(=O)NCCOc1ccc(C(F)(F)F)cc1. The molecular weight excluding hydrogens is 387 g/mol. The number of aromatic nitrogens is 4. The third kappa shape index (κ3) is 5.01. The number of carbonyl (C=O) groups excluding carboxylic acids is 1. The Labute approximate surface area is 164 Å². The van der Waals surface area contributed by atoms with Gasteiger partial charge in [0.1, 0.15) is 18.7 Å². The molecule has 154 valence electrons. The molecule has 2 heterocycles. The fourth-order valence-electron chi connectivity index (χ4n) is 2.94. The van der Waals surface area contributed by atoms with Gasteiger partial charge in [0.25, 0.3) is 5.78 Å². The van der Waals surface area contributed by atoms with Gasteiger partial charge in [-0.25, -0.2) is 9.50 Å². The Kier molecular flexibility index (Phi) is 6.00. The Bertz CT molecular complexity index is 999. The minimum absolute atomic E-state index is 0.154. The lowest BCUT2D eigenvalue weighted by Crippen LogP contribution is -2.28. The van der Waals surface area contributed by atoms with Crippen LogP contribution in [0.4, 0.5) is 13.2 Å². The quantitative estimate of drug-likeness (QED) is 0.609. The number of rotatable bonds is 7. The third-order valence-electron chi connectivity index (χ3n) is 4.47. The lowest BCUT2D eigenvalue weighted by atomic mass is 10.1. The van der Waals surface area contributed by atoms with E-state index in [-0.39, 0.29) is 25.5 Å². The Morgan fingerprint density at radius 1 is 1.21 bits per heavy atom. The van der Waals surface area contributed by atoms with Gasteiger partial charge in [0.05, 0.1) is 12.1 Å². The Morgan fingerprint density at radius 3 is 2.62 bits per heavy atom. The molecule has 0 atom stereocenters. The molecule has 29 heavy (non-hydrogen) atoms. The monoisotopic (exact) mass is 407 g/mol. The lowest BCUT2D eigenvalue weighted by molar-refractivity contribution is -0.137. The van der Waals surface area contributed by atoms with E-state index in [1.807, 2.05) is 13.8 Å². The van der Waals surface area contributed by atoms with E-state index in [9.17, 15) is 18.0 Å². The molecule has 0 aliphatic heterocycles. The van der Waals surface area contributed by atoms with Crippen LogP contribution in [0, 0.1) is 13.8 Å². The number of benzene rings is 1. The van der Waals surface area contributed by atoms with Gasteiger partial charge in [0, 0.05) is 17.8 Å². The number of amides is 1. The van der Waals surface area contributed by atoms with Gasteiger partial charge in [-0.2, -0.15) is 23.3 Å². The standard InChI is InChI=1S/C19H20F3N5O2/c1-12-16(13(2)27-18(26-12)24-11-25-27)7-8-17(28)23-9-10-29-15-5-3-14(4-6-15)19(20,21)22/h3-6,11H,7-10H2,1-2H3,(H,23,28). The van der Waals surface area contributed by atoms with Gasteiger partial charge in [0.15, 0.2) is 0 Å². The maximum absolute atomic E-state index is 12.5. The van der Waals surface area contributed by atoms with E-state index in [4.69, 9.17) is 4.74 Å². The van der Waals surface area contributed by atoms with E-state index < -0.39 is 11.7 Å². The van der Waals surface area contributed by atoms with Crippen LogP contribution in [0.25, 0.3) is 5.78 Å². The maximum Gasteiger partial charge on any atom is 0.416 e. The van der Waals surface area contributed by atoms with Gasteiger partial charge in [-0.3, -0.25) is 4.79 Å². The molecule has 0 aliphatic carbocycles. The van der Waals surface area contributed by atoms with Crippen LogP contribution in [-0.4, -0.2) is 38.6 Å². The van der Waals surface area contributed by atoms with Crippen molar-refractivity contribution in [2.45, 2.75) is 32.9 Å². The molecule has 0 radical (unpaired) electrons. The molecule has 2 aromatic heterocycles. The van der Waals surface area contributed by atoms with Crippen molar-refractivity contribution >= 4 is 11.7 Å². The van der Waals surface area contributed by atoms with Gasteiger partial charge >= 0.3 is 6.18 Å². The van der Waals surface area contributed by atoms with Gasteiger partial charge in [-0.05, 0) is 50.1 Å². The number of nitrogens with one attached hydrogen (secondary N) is 1. The molecule has 0 fully saturated rings. The number of ether oxygens (including phenoxy) is 1. The molecule has 3 rings (SSSR count). The fourth-order valence-corrected chi connectivity index (χ4v) is 2.94. The summed E-state index contributed by atoms with van der Waals surface area (Å²) in [6.07, 6.45) is -2.17. The molecule has 0 bridgehead atoms. The smallest absolute Gasteiger partial charge is 0.416 e. The number of hydrogen-bond donors (Lipinski definition) is 1. The largest absolute Gasteiger partial charge is 0.492 e. The Morgan fingerprint density at radius 2 is 1.93 bits per heavy atom. The highest BCUT2D eigenvalue weighted by Crippen LogP contribution is 2.30. The second-order valence-corrected chi connectivity index (χ2v) is 6.45. The summed E-state index contributed by atoms with van der Waals surface area (Å²) in [5.74, 6) is 0.679. The molecule has 1 amide bonds. The fraction of sp³-hybridized carbons (Fsp3) is 0.368. The molecule has 10 heteroatoms. The number of hydrogen-bond acceptors (Lipinski definition) is 5. The van der Waals surface area contributed by atoms with Crippen LogP contribution in [0.15, 0.2) is 30.6 Å². The van der Waals surface area contributed by atoms with Crippen molar-refractivity contribution in [1.29, 1.82) is 0 Å². The van der Waals surface area contributed by atoms with Crippen LogP contribution < -0.4 is 10.1 Å². The van der Waals surface area contributed by atoms with E-state index in [1.165, 1.54) is 18.5 Å². The van der Waals surface area contributed by atoms with Crippen LogP contribution in [0.1, 0.15) is 28.9 Å². The van der Waals surface area contributed by atoms with Gasteiger partial charge in [-0.1, -0.05) is 0 Å². The van der Waals surface area contributed by atoms with Crippen molar-refractivity contribution in [3.63, 3.8) is 0 Å². The van der Waals surface area contributed by atoms with E-state index in [0.29, 0.717) is 17.9 Å². The molecule has 1 N–H and O–H groups in total. The molecule has 0 unspecified atom stereocenters. The first kappa shape index (κ1) is 20.6. The molecule has 3 aromatic rings. The summed E-state index contributed by atoms with van der Waals surface area (Å²) in [5, 5.41) is 6.85. The maximum atomic E-state index is 12.5. The van der Waals surface area contributed by atoms with E-state index in [2.05, 4.69) is 20.4 Å². The van der Waals surface area contributed by atoms with E-state index in [0.717, 1.165) is 29.1 Å². The lowest BCUT2D eigenvalue weighted by Gasteiger charge is -2.11. The molecule has 0 saturated heterocycles. The van der Waals surface area contributed by atoms with Crippen molar-refractivity contribution in [1.82, 2.24) is 24.9 Å².